The number of H-pyrrole nitrogens is 1. The van der Waals surface area contributed by atoms with Gasteiger partial charge < -0.3 is 20.4 Å². The Morgan fingerprint density at radius 3 is 2.19 bits per heavy atom. The Morgan fingerprint density at radius 2 is 1.68 bits per heavy atom. The number of aromatic amines is 1. The van der Waals surface area contributed by atoms with E-state index in [9.17, 15) is 30.6 Å². The van der Waals surface area contributed by atoms with Crippen LogP contribution in [0.25, 0.3) is 22.7 Å². The number of hydrogen-bond acceptors (Lipinski definition) is 6. The molecule has 2 aromatic heterocycles. The number of nitrogen functional groups attached to an aromatic ring is 1. The fourth-order valence-electron chi connectivity index (χ4n) is 3.32. The van der Waals surface area contributed by atoms with Crippen molar-refractivity contribution in [3.05, 3.63) is 52.0 Å². The molecule has 0 bridgehead atoms. The number of benzene rings is 2. The van der Waals surface area contributed by atoms with E-state index in [0.29, 0.717) is 28.0 Å². The number of alkyl halides is 6. The molecule has 0 spiro atoms. The quantitative estimate of drug-likeness (QED) is 0.312. The number of ether oxygens (including phenoxy) is 1. The zero-order chi connectivity index (χ0) is 27.3. The number of nitrogens with one attached hydrogen (secondary N) is 1. The summed E-state index contributed by atoms with van der Waals surface area (Å²) in [6, 6.07) is 7.50. The van der Waals surface area contributed by atoms with Crippen molar-refractivity contribution in [2.75, 3.05) is 12.8 Å². The minimum absolute atomic E-state index is 0.391. The summed E-state index contributed by atoms with van der Waals surface area (Å²) in [6.45, 7) is -0.849. The highest BCUT2D eigenvalue weighted by atomic mass is 35.5. The van der Waals surface area contributed by atoms with E-state index in [-0.39, 0.29) is 0 Å². The molecule has 2 heterocycles. The first-order valence-corrected chi connectivity index (χ1v) is 11.7. The van der Waals surface area contributed by atoms with Crippen molar-refractivity contribution < 1.29 is 35.3 Å². The average Bonchev–Trinajstić information content (AvgIpc) is 3.42. The molecule has 18 heteroatoms. The monoisotopic (exact) mass is 583 g/mol. The van der Waals surface area contributed by atoms with Crippen molar-refractivity contribution >= 4 is 46.4 Å². The SMILES string of the molecule is COc1ccc(-[b-]2nc(-c3nn(-c4c(Cl)cc(C(F)(F)F)cc4Cl)c(N)c3S(=O)C(F)(F)F)n[nH]2)cc1. The molecule has 0 saturated heterocycles. The Morgan fingerprint density at radius 1 is 1.08 bits per heavy atom. The van der Waals surface area contributed by atoms with E-state index >= 15 is 0 Å². The molecule has 1 unspecified atom stereocenters. The number of anilines is 1. The lowest BCUT2D eigenvalue weighted by Crippen LogP contribution is -2.18. The van der Waals surface area contributed by atoms with Crippen LogP contribution in [-0.4, -0.2) is 48.2 Å². The van der Waals surface area contributed by atoms with Crippen LogP contribution in [0.4, 0.5) is 32.2 Å². The summed E-state index contributed by atoms with van der Waals surface area (Å²) in [5.41, 5.74) is -1.14. The molecular weight excluding hydrogens is 572 g/mol. The lowest BCUT2D eigenvalue weighted by atomic mass is 9.80. The predicted octanol–water partition coefficient (Wildman–Crippen LogP) is 5.22. The Kier molecular flexibility index (Phi) is 7.03. The number of rotatable bonds is 5. The molecule has 0 aliphatic heterocycles. The molecule has 4 aromatic rings. The van der Waals surface area contributed by atoms with Gasteiger partial charge in [0.1, 0.15) is 40.3 Å². The number of nitrogens with two attached hydrogens (primary N) is 1. The topological polar surface area (TPSA) is 112 Å². The zero-order valence-electron chi connectivity index (χ0n) is 18.2. The first kappa shape index (κ1) is 26.9. The highest BCUT2D eigenvalue weighted by Gasteiger charge is 2.43. The summed E-state index contributed by atoms with van der Waals surface area (Å²) in [5.74, 6) is -0.680. The number of nitrogens with zero attached hydrogens (tertiary/aromatic N) is 4. The van der Waals surface area contributed by atoms with Gasteiger partial charge in [0, 0.05) is 0 Å². The van der Waals surface area contributed by atoms with Gasteiger partial charge in [-0.1, -0.05) is 35.3 Å². The molecule has 0 saturated carbocycles. The van der Waals surface area contributed by atoms with Crippen LogP contribution in [0.2, 0.25) is 10.0 Å². The summed E-state index contributed by atoms with van der Waals surface area (Å²) < 4.78 is 97.8. The van der Waals surface area contributed by atoms with Crippen molar-refractivity contribution in [2.24, 2.45) is 0 Å². The van der Waals surface area contributed by atoms with E-state index in [2.05, 4.69) is 20.1 Å². The summed E-state index contributed by atoms with van der Waals surface area (Å²) in [7, 11) is -2.26. The molecule has 0 radical (unpaired) electrons. The summed E-state index contributed by atoms with van der Waals surface area (Å²) in [6.07, 6.45) is -4.81. The second-order valence-electron chi connectivity index (χ2n) is 7.34. The van der Waals surface area contributed by atoms with Gasteiger partial charge in [-0.15, -0.1) is 0 Å². The van der Waals surface area contributed by atoms with E-state index in [1.165, 1.54) is 7.11 Å². The van der Waals surface area contributed by atoms with Gasteiger partial charge in [-0.3, -0.25) is 0 Å². The van der Waals surface area contributed by atoms with Crippen LogP contribution in [-0.2, 0) is 17.0 Å². The lowest BCUT2D eigenvalue weighted by Gasteiger charge is -2.13. The third-order valence-corrected chi connectivity index (χ3v) is 6.78. The highest BCUT2D eigenvalue weighted by Crippen LogP contribution is 2.41. The number of hydrogen-bond donors (Lipinski definition) is 2. The molecule has 8 nitrogen and oxygen atoms in total. The van der Waals surface area contributed by atoms with Gasteiger partial charge in [0.05, 0.1) is 22.7 Å². The minimum atomic E-state index is -5.27. The summed E-state index contributed by atoms with van der Waals surface area (Å²) in [4.78, 5) is 3.18. The Balaban J connectivity index is 1.90. The first-order valence-electron chi connectivity index (χ1n) is 9.84. The molecule has 196 valence electrons. The fraction of sp³-hybridized carbons (Fsp3) is 0.158. The number of halogens is 8. The van der Waals surface area contributed by atoms with Crippen LogP contribution < -0.4 is 10.5 Å². The van der Waals surface area contributed by atoms with Crippen LogP contribution in [0.1, 0.15) is 5.56 Å². The Labute approximate surface area is 216 Å². The average molecular weight is 584 g/mol. The third kappa shape index (κ3) is 5.17. The van der Waals surface area contributed by atoms with Crippen LogP contribution in [0, 0.1) is 0 Å². The lowest BCUT2D eigenvalue weighted by molar-refractivity contribution is -0.137. The van der Waals surface area contributed by atoms with Crippen LogP contribution in [0.3, 0.4) is 0 Å². The maximum atomic E-state index is 13.5. The van der Waals surface area contributed by atoms with E-state index < -0.39 is 72.6 Å². The van der Waals surface area contributed by atoms with Crippen molar-refractivity contribution in [1.82, 2.24) is 24.8 Å². The molecular formula is C19H12BCl2F6N6O2S-. The molecule has 37 heavy (non-hydrogen) atoms. The van der Waals surface area contributed by atoms with E-state index in [0.717, 1.165) is 0 Å². The Hall–Kier alpha value is -3.11. The second-order valence-corrected chi connectivity index (χ2v) is 9.57. The normalized spacial score (nSPS) is 13.1. The smallest absolute Gasteiger partial charge is 0.476 e. The summed E-state index contributed by atoms with van der Waals surface area (Å²) >= 11 is 12.0. The van der Waals surface area contributed by atoms with Crippen LogP contribution in [0.15, 0.2) is 41.3 Å². The largest absolute Gasteiger partial charge is 0.497 e. The maximum absolute atomic E-state index is 13.5. The predicted molar refractivity (Wildman–Crippen MR) is 125 cm³/mol. The molecule has 0 amide bonds. The molecule has 0 fully saturated rings. The molecule has 1 atom stereocenters. The third-order valence-electron chi connectivity index (χ3n) is 5.02. The van der Waals surface area contributed by atoms with Gasteiger partial charge in [0.25, 0.3) is 0 Å². The minimum Gasteiger partial charge on any atom is -0.497 e. The zero-order valence-corrected chi connectivity index (χ0v) is 20.5. The molecule has 3 N–H and O–H groups in total. The van der Waals surface area contributed by atoms with Gasteiger partial charge in [-0.25, -0.2) is 14.0 Å². The van der Waals surface area contributed by atoms with E-state index in [4.69, 9.17) is 33.7 Å². The Bertz CT molecular complexity index is 1480. The first-order chi connectivity index (χ1) is 17.2. The van der Waals surface area contributed by atoms with Crippen LogP contribution in [0.5, 0.6) is 5.75 Å². The van der Waals surface area contributed by atoms with Crippen molar-refractivity contribution in [3.8, 4) is 28.4 Å². The fourth-order valence-corrected chi connectivity index (χ4v) is 4.78. The molecule has 2 aromatic carbocycles. The number of aromatic nitrogens is 5. The van der Waals surface area contributed by atoms with Crippen molar-refractivity contribution in [1.29, 1.82) is 0 Å². The second kappa shape index (κ2) is 9.65. The molecule has 0 aliphatic carbocycles. The van der Waals surface area contributed by atoms with Gasteiger partial charge in [-0.05, 0) is 24.3 Å². The van der Waals surface area contributed by atoms with Crippen molar-refractivity contribution in [3.63, 3.8) is 0 Å². The van der Waals surface area contributed by atoms with E-state index in [1.807, 2.05) is 0 Å². The maximum Gasteiger partial charge on any atom is 0.476 e. The molecule has 4 rings (SSSR count). The van der Waals surface area contributed by atoms with Gasteiger partial charge in [0.2, 0.25) is 0 Å². The van der Waals surface area contributed by atoms with Gasteiger partial charge >= 0.3 is 11.7 Å². The highest BCUT2D eigenvalue weighted by molar-refractivity contribution is 7.86. The van der Waals surface area contributed by atoms with Gasteiger partial charge in [0.15, 0.2) is 10.8 Å². The molecule has 0 aliphatic rings. The van der Waals surface area contributed by atoms with Crippen LogP contribution >= 0.6 is 23.2 Å². The van der Waals surface area contributed by atoms with Crippen molar-refractivity contribution in [2.45, 2.75) is 16.6 Å². The van der Waals surface area contributed by atoms with E-state index in [1.54, 1.807) is 24.3 Å². The summed E-state index contributed by atoms with van der Waals surface area (Å²) in [5, 5.41) is 9.19. The van der Waals surface area contributed by atoms with Gasteiger partial charge in [-0.2, -0.15) is 36.9 Å². The number of methoxy groups -OCH3 is 1. The standard InChI is InChI=1S/C19H12BCl2F6N6O2S/c1-36-10-4-2-9(3-5-10)20-30-17(31-33-20)13-15(37(35)19(26,27)28)16(29)34(32-13)14-11(21)6-8(7-12(14)22)18(23,24)25/h2-7,33H,29H2,1H3/q-1.